The molecule has 3 aromatic rings. The van der Waals surface area contributed by atoms with Gasteiger partial charge in [-0.05, 0) is 119 Å². The summed E-state index contributed by atoms with van der Waals surface area (Å²) in [5, 5.41) is 3.54. The van der Waals surface area contributed by atoms with Crippen molar-refractivity contribution in [1.82, 2.24) is 9.21 Å². The highest BCUT2D eigenvalue weighted by molar-refractivity contribution is 7.89. The SMILES string of the molecule is C[C@@H]1CN(C(=O)OC(C)(C)C)CC(CCc2c(F)cccc2NC(=O)C[C@@H](c2ccc(Cl)cc2)C2CCOCC2)N1S(=O)(=O)c1ccc(F)cc1. The minimum absolute atomic E-state index is 0.0102. The summed E-state index contributed by atoms with van der Waals surface area (Å²) < 4.78 is 69.8. The molecular formula is C38H46ClF2N3O6S. The molecule has 3 atom stereocenters. The molecule has 2 aliphatic rings. The third kappa shape index (κ3) is 9.85. The van der Waals surface area contributed by atoms with E-state index < -0.39 is 45.4 Å². The molecule has 2 aliphatic heterocycles. The minimum atomic E-state index is -4.15. The lowest BCUT2D eigenvalue weighted by Gasteiger charge is -2.44. The van der Waals surface area contributed by atoms with E-state index in [4.69, 9.17) is 21.1 Å². The Balaban J connectivity index is 1.39. The molecule has 5 rings (SSSR count). The number of hydrogen-bond acceptors (Lipinski definition) is 6. The van der Waals surface area contributed by atoms with Crippen LogP contribution in [0.3, 0.4) is 0 Å². The lowest BCUT2D eigenvalue weighted by atomic mass is 9.79. The van der Waals surface area contributed by atoms with Gasteiger partial charge in [0, 0.05) is 61.1 Å². The van der Waals surface area contributed by atoms with Crippen LogP contribution in [0.5, 0.6) is 0 Å². The molecule has 51 heavy (non-hydrogen) atoms. The van der Waals surface area contributed by atoms with Crippen molar-refractivity contribution in [2.24, 2.45) is 5.92 Å². The fourth-order valence-electron chi connectivity index (χ4n) is 7.05. The van der Waals surface area contributed by atoms with Crippen LogP contribution in [0, 0.1) is 17.6 Å². The highest BCUT2D eigenvalue weighted by atomic mass is 35.5. The number of nitrogens with zero attached hydrogens (tertiary/aromatic N) is 2. The van der Waals surface area contributed by atoms with Gasteiger partial charge in [0.2, 0.25) is 15.9 Å². The molecule has 1 unspecified atom stereocenters. The molecule has 0 aromatic heterocycles. The quantitative estimate of drug-likeness (QED) is 0.227. The molecule has 1 N–H and O–H groups in total. The number of piperazine rings is 1. The van der Waals surface area contributed by atoms with Gasteiger partial charge >= 0.3 is 6.09 Å². The predicted molar refractivity (Wildman–Crippen MR) is 192 cm³/mol. The maximum atomic E-state index is 15.6. The summed E-state index contributed by atoms with van der Waals surface area (Å²) in [5.41, 5.74) is 0.734. The van der Waals surface area contributed by atoms with Gasteiger partial charge in [-0.25, -0.2) is 22.0 Å². The molecule has 0 bridgehead atoms. The smallest absolute Gasteiger partial charge is 0.410 e. The van der Waals surface area contributed by atoms with E-state index in [0.717, 1.165) is 30.5 Å². The number of nitrogens with one attached hydrogen (secondary N) is 1. The molecule has 0 spiro atoms. The number of benzene rings is 3. The van der Waals surface area contributed by atoms with E-state index in [-0.39, 0.29) is 60.6 Å². The average molecular weight is 746 g/mol. The Kier molecular flexibility index (Phi) is 12.4. The zero-order valence-corrected chi connectivity index (χ0v) is 31.0. The Morgan fingerprint density at radius 2 is 1.67 bits per heavy atom. The van der Waals surface area contributed by atoms with E-state index in [1.54, 1.807) is 45.9 Å². The number of carbonyl (C=O) groups is 2. The van der Waals surface area contributed by atoms with Crippen molar-refractivity contribution >= 4 is 39.3 Å². The van der Waals surface area contributed by atoms with E-state index in [1.807, 2.05) is 12.1 Å². The fourth-order valence-corrected chi connectivity index (χ4v) is 9.01. The lowest BCUT2D eigenvalue weighted by molar-refractivity contribution is -0.117. The van der Waals surface area contributed by atoms with Crippen molar-refractivity contribution in [3.63, 3.8) is 0 Å². The van der Waals surface area contributed by atoms with Gasteiger partial charge in [-0.3, -0.25) is 4.79 Å². The van der Waals surface area contributed by atoms with Crippen molar-refractivity contribution in [2.45, 2.75) is 88.3 Å². The molecule has 0 aliphatic carbocycles. The van der Waals surface area contributed by atoms with Crippen molar-refractivity contribution in [3.8, 4) is 0 Å². The van der Waals surface area contributed by atoms with Gasteiger partial charge in [-0.15, -0.1) is 0 Å². The summed E-state index contributed by atoms with van der Waals surface area (Å²) in [6.45, 7) is 8.21. The number of hydrogen-bond donors (Lipinski definition) is 1. The monoisotopic (exact) mass is 745 g/mol. The Hall–Kier alpha value is -3.58. The number of halogens is 3. The van der Waals surface area contributed by atoms with Gasteiger partial charge in [-0.1, -0.05) is 29.8 Å². The third-order valence-electron chi connectivity index (χ3n) is 9.41. The maximum absolute atomic E-state index is 15.6. The average Bonchev–Trinajstić information content (AvgIpc) is 3.07. The van der Waals surface area contributed by atoms with Crippen LogP contribution in [0.25, 0.3) is 0 Å². The second-order valence-corrected chi connectivity index (χ2v) is 16.6. The van der Waals surface area contributed by atoms with Gasteiger partial charge in [0.05, 0.1) is 4.90 Å². The van der Waals surface area contributed by atoms with Crippen LogP contribution in [-0.2, 0) is 30.7 Å². The number of rotatable bonds is 10. The molecule has 2 amide bonds. The molecular weight excluding hydrogens is 700 g/mol. The topological polar surface area (TPSA) is 105 Å². The number of anilines is 1. The Bertz CT molecular complexity index is 1780. The van der Waals surface area contributed by atoms with Crippen molar-refractivity contribution < 1.29 is 36.3 Å². The van der Waals surface area contributed by atoms with Crippen molar-refractivity contribution in [3.05, 3.63) is 94.5 Å². The van der Waals surface area contributed by atoms with Crippen LogP contribution in [0.1, 0.15) is 70.4 Å². The maximum Gasteiger partial charge on any atom is 0.410 e. The first-order valence-electron chi connectivity index (χ1n) is 17.3. The summed E-state index contributed by atoms with van der Waals surface area (Å²) in [4.78, 5) is 28.2. The molecule has 276 valence electrons. The number of ether oxygens (including phenoxy) is 2. The first-order valence-corrected chi connectivity index (χ1v) is 19.1. The van der Waals surface area contributed by atoms with Crippen LogP contribution >= 0.6 is 11.6 Å². The molecule has 13 heteroatoms. The number of sulfonamides is 1. The Labute approximate surface area is 304 Å². The second-order valence-electron chi connectivity index (χ2n) is 14.3. The fraction of sp³-hybridized carbons (Fsp3) is 0.474. The van der Waals surface area contributed by atoms with Crippen LogP contribution in [-0.4, -0.2) is 73.6 Å². The summed E-state index contributed by atoms with van der Waals surface area (Å²) in [6, 6.07) is 15.0. The minimum Gasteiger partial charge on any atom is -0.444 e. The van der Waals surface area contributed by atoms with Gasteiger partial charge in [0.1, 0.15) is 17.2 Å². The second kappa shape index (κ2) is 16.4. The van der Waals surface area contributed by atoms with E-state index in [2.05, 4.69) is 5.32 Å². The zero-order valence-electron chi connectivity index (χ0n) is 29.4. The number of amides is 2. The van der Waals surface area contributed by atoms with Crippen molar-refractivity contribution in [1.29, 1.82) is 0 Å². The summed E-state index contributed by atoms with van der Waals surface area (Å²) in [7, 11) is -4.15. The zero-order chi connectivity index (χ0) is 36.9. The molecule has 0 radical (unpaired) electrons. The molecule has 2 heterocycles. The summed E-state index contributed by atoms with van der Waals surface area (Å²) in [6.07, 6.45) is 1.36. The Morgan fingerprint density at radius 1 is 1.00 bits per heavy atom. The molecule has 9 nitrogen and oxygen atoms in total. The first-order chi connectivity index (χ1) is 24.1. The molecule has 2 fully saturated rings. The van der Waals surface area contributed by atoms with Gasteiger partial charge in [0.15, 0.2) is 0 Å². The number of carbonyl (C=O) groups excluding carboxylic acids is 2. The van der Waals surface area contributed by atoms with Crippen LogP contribution < -0.4 is 5.32 Å². The van der Waals surface area contributed by atoms with Gasteiger partial charge in [-0.2, -0.15) is 4.31 Å². The van der Waals surface area contributed by atoms with E-state index >= 15 is 4.39 Å². The van der Waals surface area contributed by atoms with Gasteiger partial charge in [0.25, 0.3) is 0 Å². The molecule has 2 saturated heterocycles. The highest BCUT2D eigenvalue weighted by Gasteiger charge is 2.42. The van der Waals surface area contributed by atoms with Crippen LogP contribution in [0.2, 0.25) is 5.02 Å². The standard InChI is InChI=1S/C38H46ClF2N3O6S/c1-25-23-43(37(46)50-38(2,3)4)24-30(44(25)51(47,48)31-15-12-29(40)13-16-31)14-17-32-34(41)6-5-7-35(32)42-36(45)22-33(27-18-20-49-21-19-27)26-8-10-28(39)11-9-26/h5-13,15-16,25,27,30,33H,14,17-24H2,1-4H3,(H,42,45)/t25-,30?,33+/m1/s1. The van der Waals surface area contributed by atoms with Crippen LogP contribution in [0.4, 0.5) is 19.3 Å². The normalized spacial score (nSPS) is 19.8. The van der Waals surface area contributed by atoms with Gasteiger partial charge < -0.3 is 19.7 Å². The molecule has 3 aromatic carbocycles. The summed E-state index contributed by atoms with van der Waals surface area (Å²) >= 11 is 6.15. The highest BCUT2D eigenvalue weighted by Crippen LogP contribution is 2.36. The van der Waals surface area contributed by atoms with E-state index in [1.165, 1.54) is 33.5 Å². The lowest BCUT2D eigenvalue weighted by Crippen LogP contribution is -2.61. The largest absolute Gasteiger partial charge is 0.444 e. The summed E-state index contributed by atoms with van der Waals surface area (Å²) in [5.74, 6) is -1.29. The third-order valence-corrected chi connectivity index (χ3v) is 11.7. The van der Waals surface area contributed by atoms with Crippen LogP contribution in [0.15, 0.2) is 71.6 Å². The van der Waals surface area contributed by atoms with E-state index in [9.17, 15) is 22.4 Å². The first kappa shape index (κ1) is 38.6. The van der Waals surface area contributed by atoms with Crippen molar-refractivity contribution in [2.75, 3.05) is 31.6 Å². The molecule has 0 saturated carbocycles. The predicted octanol–water partition coefficient (Wildman–Crippen LogP) is 7.79. The van der Waals surface area contributed by atoms with E-state index in [0.29, 0.717) is 23.9 Å². The Morgan fingerprint density at radius 3 is 2.31 bits per heavy atom.